The predicted molar refractivity (Wildman–Crippen MR) is 114 cm³/mol. The minimum absolute atomic E-state index is 0.177. The molecule has 0 aromatic heterocycles. The van der Waals surface area contributed by atoms with Gasteiger partial charge in [0.05, 0.1) is 30.6 Å². The van der Waals surface area contributed by atoms with Gasteiger partial charge in [0.15, 0.2) is 11.5 Å². The first-order chi connectivity index (χ1) is 13.9. The topological polar surface area (TPSA) is 94.2 Å². The number of nitrogens with one attached hydrogen (secondary N) is 1. The van der Waals surface area contributed by atoms with Gasteiger partial charge in [0, 0.05) is 0 Å². The van der Waals surface area contributed by atoms with Gasteiger partial charge in [-0.2, -0.15) is 0 Å². The summed E-state index contributed by atoms with van der Waals surface area (Å²) in [6.45, 7) is 0. The molecule has 3 rings (SSSR count). The van der Waals surface area contributed by atoms with Gasteiger partial charge in [0.1, 0.15) is 11.3 Å². The van der Waals surface area contributed by atoms with Crippen molar-refractivity contribution in [3.05, 3.63) is 51.1 Å². The quantitative estimate of drug-likeness (QED) is 0.379. The van der Waals surface area contributed by atoms with Gasteiger partial charge in [0.2, 0.25) is 0 Å². The second-order valence-corrected chi connectivity index (χ2v) is 7.06. The second-order valence-electron chi connectivity index (χ2n) is 5.89. The third-order valence-corrected chi connectivity index (χ3v) is 5.00. The summed E-state index contributed by atoms with van der Waals surface area (Å²) in [5.41, 5.74) is 0.687. The van der Waals surface area contributed by atoms with Crippen molar-refractivity contribution in [2.24, 2.45) is 0 Å². The van der Waals surface area contributed by atoms with Crippen molar-refractivity contribution in [2.75, 3.05) is 26.2 Å². The summed E-state index contributed by atoms with van der Waals surface area (Å²) in [6.07, 6.45) is 1.41. The zero-order valence-electron chi connectivity index (χ0n) is 15.8. The molecule has 0 unspecified atom stereocenters. The smallest absolute Gasteiger partial charge is 0.335 e. The van der Waals surface area contributed by atoms with E-state index in [0.29, 0.717) is 28.5 Å². The van der Waals surface area contributed by atoms with E-state index in [9.17, 15) is 14.4 Å². The van der Waals surface area contributed by atoms with Crippen molar-refractivity contribution in [1.82, 2.24) is 5.32 Å². The molecule has 0 spiro atoms. The summed E-state index contributed by atoms with van der Waals surface area (Å²) >= 11 is 2.07. The van der Waals surface area contributed by atoms with Crippen LogP contribution < -0.4 is 24.4 Å². The number of rotatable bonds is 5. The van der Waals surface area contributed by atoms with Crippen molar-refractivity contribution >= 4 is 52.2 Å². The lowest BCUT2D eigenvalue weighted by molar-refractivity contribution is -0.122. The number of amides is 4. The molecule has 2 aromatic rings. The molecule has 9 heteroatoms. The Kier molecular flexibility index (Phi) is 6.06. The van der Waals surface area contributed by atoms with Crippen LogP contribution in [0.15, 0.2) is 42.0 Å². The molecule has 0 atom stereocenters. The van der Waals surface area contributed by atoms with Crippen LogP contribution in [0.3, 0.4) is 0 Å². The Labute approximate surface area is 180 Å². The number of hydrogen-bond donors (Lipinski definition) is 1. The van der Waals surface area contributed by atoms with Crippen LogP contribution in [0.25, 0.3) is 6.08 Å². The van der Waals surface area contributed by atoms with Gasteiger partial charge in [0.25, 0.3) is 11.8 Å². The van der Waals surface area contributed by atoms with Crippen LogP contribution in [0.1, 0.15) is 5.56 Å². The van der Waals surface area contributed by atoms with E-state index in [-0.39, 0.29) is 5.57 Å². The van der Waals surface area contributed by atoms with Crippen LogP contribution in [0.5, 0.6) is 17.2 Å². The third-order valence-electron chi connectivity index (χ3n) is 4.20. The SMILES string of the molecule is COc1ccc(N2C(=O)NC(=O)C(=Cc3cc(I)c(OC)c(OC)c3)C2=O)cc1. The van der Waals surface area contributed by atoms with E-state index in [4.69, 9.17) is 14.2 Å². The highest BCUT2D eigenvalue weighted by molar-refractivity contribution is 14.1. The maximum atomic E-state index is 13.0. The number of nitrogens with zero attached hydrogens (tertiary/aromatic N) is 1. The Morgan fingerprint density at radius 1 is 0.966 bits per heavy atom. The van der Waals surface area contributed by atoms with E-state index < -0.39 is 17.8 Å². The van der Waals surface area contributed by atoms with Gasteiger partial charge < -0.3 is 14.2 Å². The molecule has 1 saturated heterocycles. The fourth-order valence-electron chi connectivity index (χ4n) is 2.81. The highest BCUT2D eigenvalue weighted by Gasteiger charge is 2.36. The number of ether oxygens (including phenoxy) is 3. The van der Waals surface area contributed by atoms with Crippen molar-refractivity contribution in [3.63, 3.8) is 0 Å². The minimum Gasteiger partial charge on any atom is -0.497 e. The van der Waals surface area contributed by atoms with Gasteiger partial charge in [-0.15, -0.1) is 0 Å². The number of anilines is 1. The zero-order valence-corrected chi connectivity index (χ0v) is 18.0. The lowest BCUT2D eigenvalue weighted by atomic mass is 10.1. The minimum atomic E-state index is -0.816. The molecule has 0 radical (unpaired) electrons. The molecule has 150 valence electrons. The molecule has 1 heterocycles. The van der Waals surface area contributed by atoms with Gasteiger partial charge >= 0.3 is 6.03 Å². The van der Waals surface area contributed by atoms with Crippen molar-refractivity contribution in [2.45, 2.75) is 0 Å². The van der Waals surface area contributed by atoms with Crippen LogP contribution >= 0.6 is 22.6 Å². The molecule has 1 N–H and O–H groups in total. The van der Waals surface area contributed by atoms with Crippen molar-refractivity contribution in [1.29, 1.82) is 0 Å². The van der Waals surface area contributed by atoms with Gasteiger partial charge in [-0.3, -0.25) is 14.9 Å². The Morgan fingerprint density at radius 3 is 2.24 bits per heavy atom. The van der Waals surface area contributed by atoms with Crippen LogP contribution in [-0.2, 0) is 9.59 Å². The molecule has 1 aliphatic rings. The van der Waals surface area contributed by atoms with E-state index >= 15 is 0 Å². The standard InChI is InChI=1S/C20H17IN2O6/c1-27-13-6-4-12(5-7-13)23-19(25)14(18(24)22-20(23)26)8-11-9-15(21)17(29-3)16(10-11)28-2/h4-10H,1-3H3,(H,22,24,26). The molecule has 0 aliphatic carbocycles. The first-order valence-corrected chi connectivity index (χ1v) is 9.44. The van der Waals surface area contributed by atoms with Crippen LogP contribution in [0.2, 0.25) is 0 Å². The molecule has 0 bridgehead atoms. The monoisotopic (exact) mass is 508 g/mol. The number of methoxy groups -OCH3 is 3. The third kappa shape index (κ3) is 4.04. The van der Waals surface area contributed by atoms with Crippen LogP contribution in [-0.4, -0.2) is 39.2 Å². The van der Waals surface area contributed by atoms with Crippen molar-refractivity contribution in [3.8, 4) is 17.2 Å². The molecular weight excluding hydrogens is 491 g/mol. The highest BCUT2D eigenvalue weighted by Crippen LogP contribution is 2.34. The number of benzene rings is 2. The summed E-state index contributed by atoms with van der Waals surface area (Å²) in [6, 6.07) is 8.92. The number of carbonyl (C=O) groups is 3. The Morgan fingerprint density at radius 2 is 1.66 bits per heavy atom. The average Bonchev–Trinajstić information content (AvgIpc) is 2.71. The summed E-state index contributed by atoms with van der Waals surface area (Å²) in [7, 11) is 4.53. The van der Waals surface area contributed by atoms with E-state index in [2.05, 4.69) is 27.9 Å². The molecule has 0 saturated carbocycles. The zero-order chi connectivity index (χ0) is 21.1. The number of barbiturate groups is 1. The Bertz CT molecular complexity index is 1020. The normalized spacial score (nSPS) is 15.4. The maximum Gasteiger partial charge on any atom is 0.335 e. The predicted octanol–water partition coefficient (Wildman–Crippen LogP) is 2.98. The molecule has 8 nitrogen and oxygen atoms in total. The van der Waals surface area contributed by atoms with Crippen molar-refractivity contribution < 1.29 is 28.6 Å². The molecule has 1 fully saturated rings. The van der Waals surface area contributed by atoms with Crippen LogP contribution in [0, 0.1) is 3.57 Å². The van der Waals surface area contributed by atoms with Gasteiger partial charge in [-0.05, 0) is 70.6 Å². The molecule has 4 amide bonds. The lowest BCUT2D eigenvalue weighted by Gasteiger charge is -2.26. The van der Waals surface area contributed by atoms with E-state index in [1.54, 1.807) is 36.4 Å². The fourth-order valence-corrected chi connectivity index (χ4v) is 3.66. The molecule has 1 aliphatic heterocycles. The number of halogens is 1. The summed E-state index contributed by atoms with van der Waals surface area (Å²) in [5.74, 6) is 0.0799. The summed E-state index contributed by atoms with van der Waals surface area (Å²) in [5, 5.41) is 2.19. The molecule has 2 aromatic carbocycles. The largest absolute Gasteiger partial charge is 0.497 e. The summed E-state index contributed by atoms with van der Waals surface area (Å²) < 4.78 is 16.4. The summed E-state index contributed by atoms with van der Waals surface area (Å²) in [4.78, 5) is 38.5. The van der Waals surface area contributed by atoms with Crippen LogP contribution in [0.4, 0.5) is 10.5 Å². The number of hydrogen-bond acceptors (Lipinski definition) is 6. The maximum absolute atomic E-state index is 13.0. The van der Waals surface area contributed by atoms with E-state index in [1.807, 2.05) is 0 Å². The molecular formula is C20H17IN2O6. The number of urea groups is 1. The van der Waals surface area contributed by atoms with Gasteiger partial charge in [-0.25, -0.2) is 9.69 Å². The number of carbonyl (C=O) groups excluding carboxylic acids is 3. The molecule has 29 heavy (non-hydrogen) atoms. The Balaban J connectivity index is 2.02. The second kappa shape index (κ2) is 8.52. The van der Waals surface area contributed by atoms with Gasteiger partial charge in [-0.1, -0.05) is 0 Å². The number of imide groups is 2. The fraction of sp³-hybridized carbons (Fsp3) is 0.150. The highest BCUT2D eigenvalue weighted by atomic mass is 127. The first-order valence-electron chi connectivity index (χ1n) is 8.36. The first kappa shape index (κ1) is 20.6. The lowest BCUT2D eigenvalue weighted by Crippen LogP contribution is -2.54. The Hall–Kier alpha value is -3.08. The van der Waals surface area contributed by atoms with E-state index in [0.717, 1.165) is 8.47 Å². The average molecular weight is 508 g/mol. The van der Waals surface area contributed by atoms with E-state index in [1.165, 1.54) is 27.4 Å².